The van der Waals surface area contributed by atoms with Gasteiger partial charge >= 0.3 is 12.0 Å². The third-order valence-corrected chi connectivity index (χ3v) is 8.99. The molecule has 4 rings (SSSR count). The van der Waals surface area contributed by atoms with Crippen molar-refractivity contribution in [2.75, 3.05) is 11.5 Å². The Labute approximate surface area is 211 Å². The summed E-state index contributed by atoms with van der Waals surface area (Å²) in [6.45, 7) is 2.04. The van der Waals surface area contributed by atoms with E-state index in [1.165, 1.54) is 39.8 Å². The second-order valence-corrected chi connectivity index (χ2v) is 11.4. The summed E-state index contributed by atoms with van der Waals surface area (Å²) in [6, 6.07) is 3.66. The second-order valence-electron chi connectivity index (χ2n) is 7.10. The monoisotopic (exact) mass is 545 g/mol. The molecule has 9 nitrogen and oxygen atoms in total. The number of nitrogens with one attached hydrogen (secondary N) is 2. The molecule has 3 N–H and O–H groups in total. The molecule has 0 radical (unpaired) electrons. The number of thioether (sulfide) groups is 2. The first-order valence-corrected chi connectivity index (χ1v) is 13.2. The lowest BCUT2D eigenvalue weighted by atomic mass is 10.0. The van der Waals surface area contributed by atoms with Crippen molar-refractivity contribution in [3.05, 3.63) is 50.1 Å². The van der Waals surface area contributed by atoms with Crippen molar-refractivity contribution < 1.29 is 19.5 Å². The molecule has 2 atom stereocenters. The van der Waals surface area contributed by atoms with Gasteiger partial charge in [0.25, 0.3) is 5.91 Å². The van der Waals surface area contributed by atoms with Gasteiger partial charge in [0.1, 0.15) is 22.1 Å². The van der Waals surface area contributed by atoms with Gasteiger partial charge in [-0.25, -0.2) is 9.59 Å². The van der Waals surface area contributed by atoms with Gasteiger partial charge in [0.05, 0.1) is 10.0 Å². The van der Waals surface area contributed by atoms with Crippen LogP contribution in [0.2, 0.25) is 10.0 Å². The highest BCUT2D eigenvalue weighted by molar-refractivity contribution is 8.01. The molecular weight excluding hydrogens is 529 g/mol. The smallest absolute Gasteiger partial charge is 0.352 e. The number of aromatic nitrogens is 2. The number of amides is 3. The quantitative estimate of drug-likeness (QED) is 0.357. The SMILES string of the molecule is Cc1nnc(SCC2=C(C(=O)O)N3C(=O)C(NC(=O)NCc4ccc(Cl)c(Cl)c4)[C@@H]3SC2)s1. The number of carbonyl (C=O) groups is 3. The number of nitrogens with zero attached hydrogens (tertiary/aromatic N) is 3. The molecule has 33 heavy (non-hydrogen) atoms. The average Bonchev–Trinajstić information content (AvgIpc) is 3.21. The van der Waals surface area contributed by atoms with Crippen LogP contribution in [0.4, 0.5) is 4.79 Å². The standard InChI is InChI=1S/C19H17Cl2N5O4S3/c1-8-24-25-19(33-8)32-7-10-6-31-16-13(15(27)26(16)14(10)17(28)29)23-18(30)22-5-9-2-3-11(20)12(21)4-9/h2-4,13,16H,5-7H2,1H3,(H,28,29)(H2,22,23,30)/t13?,16-/m0/s1. The van der Waals surface area contributed by atoms with Crippen molar-refractivity contribution in [2.45, 2.75) is 29.2 Å². The predicted molar refractivity (Wildman–Crippen MR) is 129 cm³/mol. The maximum absolute atomic E-state index is 12.7. The molecule has 1 aromatic carbocycles. The Bertz CT molecular complexity index is 1160. The van der Waals surface area contributed by atoms with Crippen molar-refractivity contribution >= 4 is 76.0 Å². The number of aliphatic carboxylic acids is 1. The molecule has 0 spiro atoms. The summed E-state index contributed by atoms with van der Waals surface area (Å²) >= 11 is 16.1. The van der Waals surface area contributed by atoms with E-state index < -0.39 is 29.3 Å². The highest BCUT2D eigenvalue weighted by atomic mass is 35.5. The number of carboxylic acids is 1. The van der Waals surface area contributed by atoms with E-state index in [-0.39, 0.29) is 12.2 Å². The summed E-state index contributed by atoms with van der Waals surface area (Å²) in [5, 5.41) is 24.2. The van der Waals surface area contributed by atoms with Crippen LogP contribution in [0.25, 0.3) is 0 Å². The Hall–Kier alpha value is -1.99. The van der Waals surface area contributed by atoms with Gasteiger partial charge in [-0.2, -0.15) is 0 Å². The topological polar surface area (TPSA) is 125 Å². The summed E-state index contributed by atoms with van der Waals surface area (Å²) in [7, 11) is 0. The third-order valence-electron chi connectivity index (χ3n) is 4.85. The van der Waals surface area contributed by atoms with Gasteiger partial charge < -0.3 is 15.7 Å². The number of rotatable bonds is 7. The van der Waals surface area contributed by atoms with Crippen LogP contribution in [-0.2, 0) is 16.1 Å². The van der Waals surface area contributed by atoms with Crippen molar-refractivity contribution in [3.63, 3.8) is 0 Å². The Morgan fingerprint density at radius 3 is 2.76 bits per heavy atom. The lowest BCUT2D eigenvalue weighted by Gasteiger charge is -2.49. The highest BCUT2D eigenvalue weighted by Crippen LogP contribution is 2.41. The molecule has 1 fully saturated rings. The van der Waals surface area contributed by atoms with Crippen LogP contribution in [-0.4, -0.2) is 61.0 Å². The largest absolute Gasteiger partial charge is 0.477 e. The summed E-state index contributed by atoms with van der Waals surface area (Å²) in [4.78, 5) is 38.3. The molecule has 0 saturated carbocycles. The van der Waals surface area contributed by atoms with E-state index in [0.29, 0.717) is 27.1 Å². The molecule has 2 aliphatic heterocycles. The van der Waals surface area contributed by atoms with Crippen molar-refractivity contribution in [1.29, 1.82) is 0 Å². The number of halogens is 2. The zero-order valence-electron chi connectivity index (χ0n) is 17.0. The number of hydrogen-bond donors (Lipinski definition) is 3. The minimum absolute atomic E-state index is 0.0215. The van der Waals surface area contributed by atoms with Crippen LogP contribution in [0, 0.1) is 6.92 Å². The molecule has 174 valence electrons. The molecule has 1 saturated heterocycles. The van der Waals surface area contributed by atoms with Crippen LogP contribution < -0.4 is 10.6 Å². The molecule has 0 aliphatic carbocycles. The summed E-state index contributed by atoms with van der Waals surface area (Å²) in [5.74, 6) is -0.796. The minimum Gasteiger partial charge on any atom is -0.477 e. The van der Waals surface area contributed by atoms with Crippen molar-refractivity contribution in [2.24, 2.45) is 0 Å². The fourth-order valence-electron chi connectivity index (χ4n) is 3.30. The van der Waals surface area contributed by atoms with Gasteiger partial charge in [0, 0.05) is 18.1 Å². The van der Waals surface area contributed by atoms with E-state index in [2.05, 4.69) is 20.8 Å². The first-order chi connectivity index (χ1) is 15.7. The van der Waals surface area contributed by atoms with E-state index in [1.807, 2.05) is 6.92 Å². The Balaban J connectivity index is 1.37. The lowest BCUT2D eigenvalue weighted by Crippen LogP contribution is -2.71. The summed E-state index contributed by atoms with van der Waals surface area (Å²) in [6.07, 6.45) is 0. The maximum Gasteiger partial charge on any atom is 0.352 e. The number of hydrogen-bond acceptors (Lipinski definition) is 8. The number of urea groups is 1. The van der Waals surface area contributed by atoms with Crippen LogP contribution in [0.5, 0.6) is 0 Å². The zero-order chi connectivity index (χ0) is 23.7. The first kappa shape index (κ1) is 24.1. The number of fused-ring (bicyclic) bond motifs is 1. The number of aryl methyl sites for hydroxylation is 1. The van der Waals surface area contributed by atoms with Crippen LogP contribution in [0.15, 0.2) is 33.8 Å². The maximum atomic E-state index is 12.7. The fraction of sp³-hybridized carbons (Fsp3) is 0.316. The molecular formula is C19H17Cl2N5O4S3. The molecule has 14 heteroatoms. The van der Waals surface area contributed by atoms with Crippen LogP contribution in [0.1, 0.15) is 10.6 Å². The molecule has 2 aromatic rings. The second kappa shape index (κ2) is 10.1. The van der Waals surface area contributed by atoms with Crippen LogP contribution >= 0.6 is 58.1 Å². The highest BCUT2D eigenvalue weighted by Gasteiger charge is 2.54. The number of carbonyl (C=O) groups excluding carboxylic acids is 2. The van der Waals surface area contributed by atoms with E-state index in [1.54, 1.807) is 18.2 Å². The number of carboxylic acid groups (broad SMARTS) is 1. The Kier molecular flexibility index (Phi) is 7.39. The molecule has 2 aliphatic rings. The molecule has 3 heterocycles. The zero-order valence-corrected chi connectivity index (χ0v) is 21.0. The van der Waals surface area contributed by atoms with Gasteiger partial charge in [-0.15, -0.1) is 22.0 Å². The fourth-order valence-corrected chi connectivity index (χ4v) is 6.93. The molecule has 1 unspecified atom stereocenters. The number of β-lactam (4-membered cyclic amide) rings is 1. The van der Waals surface area contributed by atoms with Gasteiger partial charge in [0.2, 0.25) is 0 Å². The number of benzene rings is 1. The first-order valence-electron chi connectivity index (χ1n) is 9.55. The Morgan fingerprint density at radius 1 is 1.30 bits per heavy atom. The average molecular weight is 546 g/mol. The van der Waals surface area contributed by atoms with Crippen molar-refractivity contribution in [3.8, 4) is 0 Å². The van der Waals surface area contributed by atoms with E-state index in [4.69, 9.17) is 23.2 Å². The van der Waals surface area contributed by atoms with E-state index >= 15 is 0 Å². The van der Waals surface area contributed by atoms with Crippen molar-refractivity contribution in [1.82, 2.24) is 25.7 Å². The molecule has 1 aromatic heterocycles. The third kappa shape index (κ3) is 5.24. The van der Waals surface area contributed by atoms with Gasteiger partial charge in [-0.1, -0.05) is 52.4 Å². The van der Waals surface area contributed by atoms with Crippen LogP contribution in [0.3, 0.4) is 0 Å². The summed E-state index contributed by atoms with van der Waals surface area (Å²) in [5.41, 5.74) is 1.36. The lowest BCUT2D eigenvalue weighted by molar-refractivity contribution is -0.148. The predicted octanol–water partition coefficient (Wildman–Crippen LogP) is 3.37. The molecule has 0 bridgehead atoms. The van der Waals surface area contributed by atoms with Gasteiger partial charge in [-0.05, 0) is 30.2 Å². The molecule has 3 amide bonds. The van der Waals surface area contributed by atoms with Gasteiger partial charge in [-0.3, -0.25) is 9.69 Å². The van der Waals surface area contributed by atoms with E-state index in [0.717, 1.165) is 14.9 Å². The van der Waals surface area contributed by atoms with Gasteiger partial charge in [0.15, 0.2) is 4.34 Å². The minimum atomic E-state index is -1.17. The summed E-state index contributed by atoms with van der Waals surface area (Å²) < 4.78 is 0.741. The van der Waals surface area contributed by atoms with E-state index in [9.17, 15) is 19.5 Å². The normalized spacial score (nSPS) is 19.7. The Morgan fingerprint density at radius 2 is 2.09 bits per heavy atom.